The number of amides is 4. The highest BCUT2D eigenvalue weighted by molar-refractivity contribution is 7.80. The van der Waals surface area contributed by atoms with Crippen LogP contribution in [0.5, 0.6) is 0 Å². The third-order valence-electron chi connectivity index (χ3n) is 3.04. The zero-order chi connectivity index (χ0) is 20.3. The molecule has 0 saturated heterocycles. The third-order valence-corrected chi connectivity index (χ3v) is 3.40. The van der Waals surface area contributed by atoms with Crippen molar-refractivity contribution in [3.8, 4) is 0 Å². The molecule has 0 aromatic rings. The SMILES string of the molecule is CCN(O)C(=O)N[C@@H](CCC(=O)N[C@@H](CS)C(=O)NCC(=O)O)C(=O)O. The van der Waals surface area contributed by atoms with E-state index in [0.29, 0.717) is 0 Å². The number of carbonyl (C=O) groups excluding carboxylic acids is 3. The summed E-state index contributed by atoms with van der Waals surface area (Å²) in [7, 11) is 0. The number of nitrogens with zero attached hydrogens (tertiary/aromatic N) is 1. The Bertz CT molecular complexity index is 544. The first kappa shape index (κ1) is 23.5. The number of nitrogens with one attached hydrogen (secondary N) is 3. The summed E-state index contributed by atoms with van der Waals surface area (Å²) in [4.78, 5) is 56.5. The Morgan fingerprint density at radius 1 is 1.08 bits per heavy atom. The van der Waals surface area contributed by atoms with E-state index >= 15 is 0 Å². The summed E-state index contributed by atoms with van der Waals surface area (Å²) in [6.07, 6.45) is -0.633. The fraction of sp³-hybridized carbons (Fsp3) is 0.615. The molecule has 26 heavy (non-hydrogen) atoms. The molecule has 0 spiro atoms. The maximum absolute atomic E-state index is 11.9. The van der Waals surface area contributed by atoms with Gasteiger partial charge in [0.25, 0.3) is 0 Å². The van der Waals surface area contributed by atoms with Crippen molar-refractivity contribution >= 4 is 42.4 Å². The molecule has 0 aliphatic heterocycles. The Hall–Kier alpha value is -2.54. The Labute approximate surface area is 154 Å². The molecule has 0 aliphatic rings. The summed E-state index contributed by atoms with van der Waals surface area (Å²) in [6, 6.07) is -3.55. The van der Waals surface area contributed by atoms with Crippen LogP contribution in [0.25, 0.3) is 0 Å². The number of hydrogen-bond acceptors (Lipinski definition) is 7. The maximum atomic E-state index is 11.9. The molecule has 6 N–H and O–H groups in total. The molecule has 0 aromatic heterocycles. The molecule has 2 atom stereocenters. The number of carboxylic acid groups (broad SMARTS) is 2. The first-order valence-corrected chi connectivity index (χ1v) is 8.15. The van der Waals surface area contributed by atoms with Gasteiger partial charge in [-0.1, -0.05) is 0 Å². The van der Waals surface area contributed by atoms with Crippen LogP contribution in [-0.2, 0) is 19.2 Å². The van der Waals surface area contributed by atoms with Gasteiger partial charge >= 0.3 is 18.0 Å². The van der Waals surface area contributed by atoms with E-state index in [1.165, 1.54) is 6.92 Å². The van der Waals surface area contributed by atoms with E-state index in [1.807, 2.05) is 5.32 Å². The van der Waals surface area contributed by atoms with Crippen LogP contribution in [0.1, 0.15) is 19.8 Å². The Morgan fingerprint density at radius 3 is 2.15 bits per heavy atom. The van der Waals surface area contributed by atoms with Crippen molar-refractivity contribution < 1.29 is 39.4 Å². The lowest BCUT2D eigenvalue weighted by Crippen LogP contribution is -2.50. The second kappa shape index (κ2) is 11.9. The minimum Gasteiger partial charge on any atom is -0.480 e. The standard InChI is InChI=1S/C13H22N4O8S/c1-2-17(25)13(24)16-7(12(22)23)3-4-9(18)15-8(6-26)11(21)14-5-10(19)20/h7-8,25-26H,2-6H2,1H3,(H,14,21)(H,15,18)(H,16,24)(H,19,20)(H,22,23)/t7-,8-/m0/s1. The lowest BCUT2D eigenvalue weighted by atomic mass is 10.1. The fourth-order valence-electron chi connectivity index (χ4n) is 1.65. The van der Waals surface area contributed by atoms with E-state index < -0.39 is 48.4 Å². The van der Waals surface area contributed by atoms with Gasteiger partial charge in [0.1, 0.15) is 18.6 Å². The van der Waals surface area contributed by atoms with Crippen LogP contribution in [0.4, 0.5) is 4.79 Å². The normalized spacial score (nSPS) is 12.4. The highest BCUT2D eigenvalue weighted by atomic mass is 32.1. The van der Waals surface area contributed by atoms with Crippen LogP contribution >= 0.6 is 12.6 Å². The molecular formula is C13H22N4O8S. The molecule has 0 bridgehead atoms. The lowest BCUT2D eigenvalue weighted by Gasteiger charge is -2.19. The van der Waals surface area contributed by atoms with E-state index in [9.17, 15) is 29.2 Å². The Morgan fingerprint density at radius 2 is 1.69 bits per heavy atom. The largest absolute Gasteiger partial charge is 0.480 e. The van der Waals surface area contributed by atoms with Gasteiger partial charge in [0.15, 0.2) is 0 Å². The van der Waals surface area contributed by atoms with Gasteiger partial charge in [0.05, 0.1) is 0 Å². The summed E-state index contributed by atoms with van der Waals surface area (Å²) in [5.41, 5.74) is 0. The van der Waals surface area contributed by atoms with Gasteiger partial charge < -0.3 is 26.2 Å². The van der Waals surface area contributed by atoms with Gasteiger partial charge in [0, 0.05) is 18.7 Å². The van der Waals surface area contributed by atoms with E-state index in [1.54, 1.807) is 0 Å². The van der Waals surface area contributed by atoms with Crippen LogP contribution in [0.15, 0.2) is 0 Å². The topological polar surface area (TPSA) is 185 Å². The highest BCUT2D eigenvalue weighted by Gasteiger charge is 2.24. The molecule has 148 valence electrons. The average Bonchev–Trinajstić information content (AvgIpc) is 2.59. The third kappa shape index (κ3) is 9.08. The molecule has 0 rings (SSSR count). The van der Waals surface area contributed by atoms with Crippen molar-refractivity contribution in [2.75, 3.05) is 18.8 Å². The highest BCUT2D eigenvalue weighted by Crippen LogP contribution is 2.01. The summed E-state index contributed by atoms with van der Waals surface area (Å²) >= 11 is 3.89. The number of carbonyl (C=O) groups is 5. The van der Waals surface area contributed by atoms with Gasteiger partial charge in [-0.3, -0.25) is 19.6 Å². The van der Waals surface area contributed by atoms with Gasteiger partial charge in [-0.25, -0.2) is 14.7 Å². The van der Waals surface area contributed by atoms with Crippen molar-refractivity contribution in [2.24, 2.45) is 0 Å². The predicted octanol–water partition coefficient (Wildman–Crippen LogP) is -1.74. The minimum atomic E-state index is -1.43. The van der Waals surface area contributed by atoms with E-state index in [0.717, 1.165) is 0 Å². The summed E-state index contributed by atoms with van der Waals surface area (Å²) < 4.78 is 0. The molecule has 13 heteroatoms. The molecule has 0 unspecified atom stereocenters. The van der Waals surface area contributed by atoms with Crippen LogP contribution in [0.3, 0.4) is 0 Å². The maximum Gasteiger partial charge on any atom is 0.341 e. The van der Waals surface area contributed by atoms with E-state index in [4.69, 9.17) is 10.2 Å². The smallest absolute Gasteiger partial charge is 0.341 e. The van der Waals surface area contributed by atoms with Gasteiger partial charge in [-0.15, -0.1) is 0 Å². The molecule has 0 saturated carbocycles. The molecule has 0 fully saturated rings. The zero-order valence-corrected chi connectivity index (χ0v) is 14.9. The minimum absolute atomic E-state index is 0.0618. The number of thiol groups is 1. The van der Waals surface area contributed by atoms with Crippen LogP contribution in [0.2, 0.25) is 0 Å². The van der Waals surface area contributed by atoms with Gasteiger partial charge in [-0.2, -0.15) is 12.6 Å². The van der Waals surface area contributed by atoms with Crippen molar-refractivity contribution in [3.63, 3.8) is 0 Å². The molecule has 0 heterocycles. The number of urea groups is 1. The van der Waals surface area contributed by atoms with Gasteiger partial charge in [0.2, 0.25) is 11.8 Å². The second-order valence-electron chi connectivity index (χ2n) is 5.01. The predicted molar refractivity (Wildman–Crippen MR) is 89.8 cm³/mol. The zero-order valence-electron chi connectivity index (χ0n) is 14.0. The molecule has 0 aromatic carbocycles. The fourth-order valence-corrected chi connectivity index (χ4v) is 1.90. The van der Waals surface area contributed by atoms with Crippen molar-refractivity contribution in [2.45, 2.75) is 31.8 Å². The average molecular weight is 394 g/mol. The quantitative estimate of drug-likeness (QED) is 0.122. The van der Waals surface area contributed by atoms with E-state index in [2.05, 4.69) is 23.3 Å². The Kier molecular flexibility index (Phi) is 10.8. The van der Waals surface area contributed by atoms with Gasteiger partial charge in [-0.05, 0) is 13.3 Å². The number of carboxylic acids is 2. The molecule has 0 radical (unpaired) electrons. The number of hydroxylamine groups is 2. The first-order chi connectivity index (χ1) is 12.1. The van der Waals surface area contributed by atoms with Crippen LogP contribution in [-0.4, -0.2) is 81.2 Å². The molecular weight excluding hydrogens is 372 g/mol. The second-order valence-corrected chi connectivity index (χ2v) is 5.37. The molecule has 0 aliphatic carbocycles. The number of rotatable bonds is 11. The number of aliphatic carboxylic acids is 2. The molecule has 12 nitrogen and oxygen atoms in total. The number of hydrogen-bond donors (Lipinski definition) is 7. The summed E-state index contributed by atoms with van der Waals surface area (Å²) in [5.74, 6) is -4.20. The van der Waals surface area contributed by atoms with Crippen molar-refractivity contribution in [3.05, 3.63) is 0 Å². The molecule has 4 amide bonds. The monoisotopic (exact) mass is 394 g/mol. The van der Waals surface area contributed by atoms with Crippen LogP contribution < -0.4 is 16.0 Å². The van der Waals surface area contributed by atoms with Crippen LogP contribution in [0, 0.1) is 0 Å². The summed E-state index contributed by atoms with van der Waals surface area (Å²) in [6.45, 7) is 0.782. The first-order valence-electron chi connectivity index (χ1n) is 7.51. The van der Waals surface area contributed by atoms with Crippen molar-refractivity contribution in [1.29, 1.82) is 0 Å². The Balaban J connectivity index is 4.57. The van der Waals surface area contributed by atoms with E-state index in [-0.39, 0.29) is 30.2 Å². The lowest BCUT2D eigenvalue weighted by molar-refractivity contribution is -0.140. The van der Waals surface area contributed by atoms with Crippen molar-refractivity contribution in [1.82, 2.24) is 21.0 Å². The summed E-state index contributed by atoms with van der Waals surface area (Å²) in [5, 5.41) is 33.4.